The molecule has 0 amide bonds. The fraction of sp³-hybridized carbons (Fsp3) is 0.700. The van der Waals surface area contributed by atoms with Gasteiger partial charge in [0.1, 0.15) is 0 Å². The minimum absolute atomic E-state index is 0.230. The van der Waals surface area contributed by atoms with Crippen molar-refractivity contribution in [1.82, 2.24) is 15.0 Å². The van der Waals surface area contributed by atoms with E-state index in [-0.39, 0.29) is 11.6 Å². The van der Waals surface area contributed by atoms with E-state index < -0.39 is 5.97 Å². The zero-order chi connectivity index (χ0) is 11.5. The Morgan fingerprint density at radius 1 is 1.62 bits per heavy atom. The number of hydrogen-bond acceptors (Lipinski definition) is 4. The molecule has 0 spiro atoms. The van der Waals surface area contributed by atoms with Crippen LogP contribution in [0, 0.1) is 5.92 Å². The van der Waals surface area contributed by atoms with Gasteiger partial charge in [-0.3, -0.25) is 0 Å². The third kappa shape index (κ3) is 2.35. The first-order chi connectivity index (χ1) is 7.76. The minimum Gasteiger partial charge on any atom is -0.461 e. The van der Waals surface area contributed by atoms with Gasteiger partial charge in [-0.25, -0.2) is 9.48 Å². The van der Waals surface area contributed by atoms with Crippen LogP contribution in [0.25, 0.3) is 0 Å². The second-order valence-corrected chi connectivity index (χ2v) is 4.13. The molecular weight excluding hydrogens is 230 g/mol. The minimum atomic E-state index is -0.444. The van der Waals surface area contributed by atoms with E-state index in [1.54, 1.807) is 11.6 Å². The molecule has 0 bridgehead atoms. The first-order valence-electron chi connectivity index (χ1n) is 5.41. The number of ether oxygens (including phenoxy) is 1. The molecule has 0 unspecified atom stereocenters. The molecule has 1 aliphatic carbocycles. The molecule has 6 heteroatoms. The monoisotopic (exact) mass is 243 g/mol. The highest BCUT2D eigenvalue weighted by atomic mass is 35.5. The van der Waals surface area contributed by atoms with Gasteiger partial charge >= 0.3 is 5.97 Å². The Kier molecular flexibility index (Phi) is 3.43. The lowest BCUT2D eigenvalue weighted by atomic mass is 10.3. The predicted octanol–water partition coefficient (Wildman–Crippen LogP) is 1.60. The number of hydrogen-bond donors (Lipinski definition) is 0. The van der Waals surface area contributed by atoms with Crippen LogP contribution in [0.5, 0.6) is 0 Å². The van der Waals surface area contributed by atoms with Gasteiger partial charge in [-0.05, 0) is 25.7 Å². The van der Waals surface area contributed by atoms with E-state index >= 15 is 0 Å². The van der Waals surface area contributed by atoms with Crippen LogP contribution in [0.4, 0.5) is 0 Å². The summed E-state index contributed by atoms with van der Waals surface area (Å²) in [5.74, 6) is 0.451. The lowest BCUT2D eigenvalue weighted by Gasteiger charge is -2.03. The van der Waals surface area contributed by atoms with Crippen molar-refractivity contribution < 1.29 is 9.53 Å². The number of aromatic nitrogens is 3. The highest BCUT2D eigenvalue weighted by Crippen LogP contribution is 2.31. The third-order valence-corrected chi connectivity index (χ3v) is 2.81. The first kappa shape index (κ1) is 11.4. The molecule has 1 saturated carbocycles. The van der Waals surface area contributed by atoms with E-state index in [4.69, 9.17) is 16.3 Å². The van der Waals surface area contributed by atoms with Gasteiger partial charge in [-0.1, -0.05) is 5.21 Å². The quantitative estimate of drug-likeness (QED) is 0.582. The Labute approximate surface area is 98.7 Å². The molecule has 1 heterocycles. The molecule has 1 fully saturated rings. The number of carbonyl (C=O) groups excluding carboxylic acids is 1. The summed E-state index contributed by atoms with van der Waals surface area (Å²) in [6, 6.07) is 0. The van der Waals surface area contributed by atoms with Gasteiger partial charge in [0.15, 0.2) is 5.69 Å². The summed E-state index contributed by atoms with van der Waals surface area (Å²) in [6.07, 6.45) is 2.44. The molecule has 0 aliphatic heterocycles. The Balaban J connectivity index is 2.17. The molecule has 0 saturated heterocycles. The normalized spacial score (nSPS) is 15.1. The molecule has 0 aromatic carbocycles. The smallest absolute Gasteiger partial charge is 0.360 e. The summed E-state index contributed by atoms with van der Waals surface area (Å²) >= 11 is 5.82. The van der Waals surface area contributed by atoms with Crippen molar-refractivity contribution >= 4 is 17.6 Å². The maximum absolute atomic E-state index is 11.5. The van der Waals surface area contributed by atoms with Gasteiger partial charge in [0.05, 0.1) is 18.2 Å². The number of carbonyl (C=O) groups is 1. The fourth-order valence-electron chi connectivity index (χ4n) is 1.51. The lowest BCUT2D eigenvalue weighted by Crippen LogP contribution is -2.10. The Morgan fingerprint density at radius 3 is 2.94 bits per heavy atom. The SMILES string of the molecule is CCOC(=O)c1nnn(CC2CC2)c1CCl. The summed E-state index contributed by atoms with van der Waals surface area (Å²) in [7, 11) is 0. The average molecular weight is 244 g/mol. The van der Waals surface area contributed by atoms with Crippen molar-refractivity contribution in [1.29, 1.82) is 0 Å². The van der Waals surface area contributed by atoms with Crippen LogP contribution in [-0.4, -0.2) is 27.6 Å². The summed E-state index contributed by atoms with van der Waals surface area (Å²) in [5.41, 5.74) is 0.907. The van der Waals surface area contributed by atoms with Crippen molar-refractivity contribution in [3.63, 3.8) is 0 Å². The van der Waals surface area contributed by atoms with E-state index in [0.717, 1.165) is 6.54 Å². The van der Waals surface area contributed by atoms with Crippen LogP contribution in [0.1, 0.15) is 35.9 Å². The third-order valence-electron chi connectivity index (χ3n) is 2.56. The van der Waals surface area contributed by atoms with Crippen LogP contribution in [0.15, 0.2) is 0 Å². The topological polar surface area (TPSA) is 57.0 Å². The second-order valence-electron chi connectivity index (χ2n) is 3.86. The molecule has 0 N–H and O–H groups in total. The Morgan fingerprint density at radius 2 is 2.38 bits per heavy atom. The molecule has 0 radical (unpaired) electrons. The van der Waals surface area contributed by atoms with Crippen LogP contribution in [0.2, 0.25) is 0 Å². The molecule has 16 heavy (non-hydrogen) atoms. The second kappa shape index (κ2) is 4.82. The van der Waals surface area contributed by atoms with Gasteiger partial charge in [0, 0.05) is 6.54 Å². The highest BCUT2D eigenvalue weighted by molar-refractivity contribution is 6.17. The number of alkyl halides is 1. The molecule has 0 atom stereocenters. The molecule has 1 aromatic heterocycles. The molecule has 1 aromatic rings. The molecule has 1 aliphatic rings. The van der Waals surface area contributed by atoms with Gasteiger partial charge in [0.2, 0.25) is 0 Å². The summed E-state index contributed by atoms with van der Waals surface area (Å²) in [6.45, 7) is 2.89. The lowest BCUT2D eigenvalue weighted by molar-refractivity contribution is 0.0518. The van der Waals surface area contributed by atoms with Crippen LogP contribution in [0.3, 0.4) is 0 Å². The van der Waals surface area contributed by atoms with Gasteiger partial charge in [0.25, 0.3) is 0 Å². The predicted molar refractivity (Wildman–Crippen MR) is 58.3 cm³/mol. The van der Waals surface area contributed by atoms with Crippen molar-refractivity contribution in [2.24, 2.45) is 5.92 Å². The van der Waals surface area contributed by atoms with E-state index in [2.05, 4.69) is 10.3 Å². The Bertz CT molecular complexity index is 387. The van der Waals surface area contributed by atoms with E-state index in [1.807, 2.05) is 0 Å². The zero-order valence-electron chi connectivity index (χ0n) is 9.15. The van der Waals surface area contributed by atoms with Gasteiger partial charge in [-0.2, -0.15) is 0 Å². The summed E-state index contributed by atoms with van der Waals surface area (Å²) < 4.78 is 6.61. The number of rotatable bonds is 5. The van der Waals surface area contributed by atoms with Crippen LogP contribution >= 0.6 is 11.6 Å². The first-order valence-corrected chi connectivity index (χ1v) is 5.95. The standard InChI is InChI=1S/C10H14ClN3O2/c1-2-16-10(15)9-8(5-11)14(13-12-9)6-7-3-4-7/h7H,2-6H2,1H3. The number of esters is 1. The maximum atomic E-state index is 11.5. The number of halogens is 1. The average Bonchev–Trinajstić information content (AvgIpc) is 2.97. The van der Waals surface area contributed by atoms with Crippen molar-refractivity contribution in [3.05, 3.63) is 11.4 Å². The number of nitrogens with zero attached hydrogens (tertiary/aromatic N) is 3. The summed E-state index contributed by atoms with van der Waals surface area (Å²) in [5, 5.41) is 7.79. The van der Waals surface area contributed by atoms with E-state index in [1.165, 1.54) is 12.8 Å². The Hall–Kier alpha value is -1.10. The molecule has 2 rings (SSSR count). The maximum Gasteiger partial charge on any atom is 0.360 e. The fourth-order valence-corrected chi connectivity index (χ4v) is 1.78. The zero-order valence-corrected chi connectivity index (χ0v) is 9.90. The van der Waals surface area contributed by atoms with Crippen molar-refractivity contribution in [2.75, 3.05) is 6.61 Å². The molecular formula is C10H14ClN3O2. The molecule has 5 nitrogen and oxygen atoms in total. The highest BCUT2D eigenvalue weighted by Gasteiger charge is 2.26. The van der Waals surface area contributed by atoms with Gasteiger partial charge < -0.3 is 4.74 Å². The van der Waals surface area contributed by atoms with Crippen molar-refractivity contribution in [2.45, 2.75) is 32.2 Å². The molecule has 88 valence electrons. The van der Waals surface area contributed by atoms with Crippen molar-refractivity contribution in [3.8, 4) is 0 Å². The van der Waals surface area contributed by atoms with Crippen LogP contribution < -0.4 is 0 Å². The van der Waals surface area contributed by atoms with Crippen LogP contribution in [-0.2, 0) is 17.2 Å². The largest absolute Gasteiger partial charge is 0.461 e. The van der Waals surface area contributed by atoms with E-state index in [0.29, 0.717) is 18.2 Å². The summed E-state index contributed by atoms with van der Waals surface area (Å²) in [4.78, 5) is 11.5. The van der Waals surface area contributed by atoms with Gasteiger partial charge in [-0.15, -0.1) is 16.7 Å². The van der Waals surface area contributed by atoms with E-state index in [9.17, 15) is 4.79 Å².